The predicted octanol–water partition coefficient (Wildman–Crippen LogP) is -0.255. The average Bonchev–Trinajstić information content (AvgIpc) is 1.97. The van der Waals surface area contributed by atoms with E-state index in [2.05, 4.69) is 0 Å². The molecule has 3 N–H and O–H groups in total. The number of rotatable bonds is 0. The molecule has 0 heterocycles. The quantitative estimate of drug-likeness (QED) is 0.458. The fraction of sp³-hybridized carbons (Fsp3) is 1.00. The van der Waals surface area contributed by atoms with Crippen LogP contribution in [0.1, 0.15) is 20.3 Å². The summed E-state index contributed by atoms with van der Waals surface area (Å²) in [5, 5.41) is 27.9. The van der Waals surface area contributed by atoms with Gasteiger partial charge >= 0.3 is 0 Å². The largest absolute Gasteiger partial charge is 0.390 e. The second-order valence-electron chi connectivity index (χ2n) is 3.66. The van der Waals surface area contributed by atoms with Crippen molar-refractivity contribution in [1.82, 2.24) is 0 Å². The van der Waals surface area contributed by atoms with Gasteiger partial charge in [-0.25, -0.2) is 0 Å². The fourth-order valence-electron chi connectivity index (χ4n) is 1.74. The molecule has 1 rings (SSSR count). The van der Waals surface area contributed by atoms with E-state index in [-0.39, 0.29) is 11.8 Å². The average molecular weight is 160 g/mol. The van der Waals surface area contributed by atoms with Crippen molar-refractivity contribution < 1.29 is 15.3 Å². The highest BCUT2D eigenvalue weighted by Crippen LogP contribution is 2.29. The Balaban J connectivity index is 2.63. The van der Waals surface area contributed by atoms with E-state index in [1.54, 1.807) is 0 Å². The molecule has 1 saturated carbocycles. The summed E-state index contributed by atoms with van der Waals surface area (Å²) < 4.78 is 0. The van der Waals surface area contributed by atoms with Crippen LogP contribution in [0.4, 0.5) is 0 Å². The molecule has 0 aromatic heterocycles. The summed E-state index contributed by atoms with van der Waals surface area (Å²) in [6.45, 7) is 3.77. The van der Waals surface area contributed by atoms with Crippen LogP contribution < -0.4 is 0 Å². The fourth-order valence-corrected chi connectivity index (χ4v) is 1.74. The van der Waals surface area contributed by atoms with Crippen molar-refractivity contribution in [3.05, 3.63) is 0 Å². The monoisotopic (exact) mass is 160 g/mol. The first-order valence-corrected chi connectivity index (χ1v) is 4.08. The second-order valence-corrected chi connectivity index (χ2v) is 3.66. The van der Waals surface area contributed by atoms with E-state index in [1.165, 1.54) is 0 Å². The lowest BCUT2D eigenvalue weighted by atomic mass is 9.77. The van der Waals surface area contributed by atoms with Gasteiger partial charge in [-0.2, -0.15) is 0 Å². The van der Waals surface area contributed by atoms with Crippen LogP contribution in [0.3, 0.4) is 0 Å². The maximum absolute atomic E-state index is 9.32. The Kier molecular flexibility index (Phi) is 2.52. The van der Waals surface area contributed by atoms with Crippen molar-refractivity contribution in [2.75, 3.05) is 0 Å². The molecule has 66 valence electrons. The normalized spacial score (nSPS) is 52.6. The molecule has 1 aliphatic rings. The van der Waals surface area contributed by atoms with Crippen LogP contribution >= 0.6 is 0 Å². The van der Waals surface area contributed by atoms with Crippen molar-refractivity contribution >= 4 is 0 Å². The highest BCUT2D eigenvalue weighted by atomic mass is 16.4. The molecule has 0 spiro atoms. The predicted molar refractivity (Wildman–Crippen MR) is 41.0 cm³/mol. The molecule has 0 bridgehead atoms. The van der Waals surface area contributed by atoms with E-state index in [0.717, 1.165) is 6.42 Å². The van der Waals surface area contributed by atoms with Crippen LogP contribution in [0.15, 0.2) is 0 Å². The van der Waals surface area contributed by atoms with Gasteiger partial charge in [0.25, 0.3) is 0 Å². The molecular formula is C8H16O3. The van der Waals surface area contributed by atoms with Crippen LogP contribution in [0.25, 0.3) is 0 Å². The van der Waals surface area contributed by atoms with Crippen molar-refractivity contribution in [2.45, 2.75) is 38.6 Å². The van der Waals surface area contributed by atoms with Gasteiger partial charge in [0.2, 0.25) is 0 Å². The summed E-state index contributed by atoms with van der Waals surface area (Å²) in [5.74, 6) is 0.173. The lowest BCUT2D eigenvalue weighted by Crippen LogP contribution is -2.49. The van der Waals surface area contributed by atoms with E-state index in [4.69, 9.17) is 0 Å². The van der Waals surface area contributed by atoms with Crippen molar-refractivity contribution in [1.29, 1.82) is 0 Å². The molecular weight excluding hydrogens is 144 g/mol. The number of hydrogen-bond donors (Lipinski definition) is 3. The SMILES string of the molecule is CC1CC(C)C(O)C(O)C1O. The Labute approximate surface area is 66.7 Å². The lowest BCUT2D eigenvalue weighted by molar-refractivity contribution is -0.127. The van der Waals surface area contributed by atoms with Gasteiger partial charge in [-0.1, -0.05) is 13.8 Å². The molecule has 1 aliphatic carbocycles. The number of hydrogen-bond acceptors (Lipinski definition) is 3. The third-order valence-electron chi connectivity index (χ3n) is 2.61. The molecule has 11 heavy (non-hydrogen) atoms. The van der Waals surface area contributed by atoms with Crippen LogP contribution in [0, 0.1) is 11.8 Å². The zero-order valence-corrected chi connectivity index (χ0v) is 6.94. The first-order valence-electron chi connectivity index (χ1n) is 4.08. The van der Waals surface area contributed by atoms with E-state index in [1.807, 2.05) is 13.8 Å². The number of aliphatic hydroxyl groups is 3. The van der Waals surface area contributed by atoms with Gasteiger partial charge in [-0.05, 0) is 18.3 Å². The molecule has 0 saturated heterocycles. The van der Waals surface area contributed by atoms with Crippen molar-refractivity contribution in [2.24, 2.45) is 11.8 Å². The molecule has 4 atom stereocenters. The topological polar surface area (TPSA) is 60.7 Å². The molecule has 3 nitrogen and oxygen atoms in total. The zero-order chi connectivity index (χ0) is 8.59. The minimum Gasteiger partial charge on any atom is -0.390 e. The van der Waals surface area contributed by atoms with Crippen molar-refractivity contribution in [3.63, 3.8) is 0 Å². The van der Waals surface area contributed by atoms with Crippen molar-refractivity contribution in [3.8, 4) is 0 Å². The molecule has 3 heteroatoms. The third-order valence-corrected chi connectivity index (χ3v) is 2.61. The maximum Gasteiger partial charge on any atom is 0.106 e. The molecule has 4 unspecified atom stereocenters. The lowest BCUT2D eigenvalue weighted by Gasteiger charge is -2.37. The van der Waals surface area contributed by atoms with Gasteiger partial charge in [0, 0.05) is 0 Å². The molecule has 0 radical (unpaired) electrons. The zero-order valence-electron chi connectivity index (χ0n) is 6.94. The summed E-state index contributed by atoms with van der Waals surface area (Å²) >= 11 is 0. The van der Waals surface area contributed by atoms with Gasteiger partial charge in [-0.15, -0.1) is 0 Å². The van der Waals surface area contributed by atoms with Gasteiger partial charge in [0.15, 0.2) is 0 Å². The number of aliphatic hydroxyl groups excluding tert-OH is 3. The summed E-state index contributed by atoms with van der Waals surface area (Å²) in [7, 11) is 0. The summed E-state index contributed by atoms with van der Waals surface area (Å²) in [6.07, 6.45) is -1.71. The van der Waals surface area contributed by atoms with E-state index in [0.29, 0.717) is 0 Å². The maximum atomic E-state index is 9.32. The van der Waals surface area contributed by atoms with E-state index < -0.39 is 18.3 Å². The Morgan fingerprint density at radius 3 is 1.55 bits per heavy atom. The first-order chi connectivity index (χ1) is 5.04. The molecule has 0 aliphatic heterocycles. The molecule has 0 aromatic carbocycles. The Bertz CT molecular complexity index is 123. The minimum atomic E-state index is -0.964. The highest BCUT2D eigenvalue weighted by molar-refractivity contribution is 4.88. The van der Waals surface area contributed by atoms with Gasteiger partial charge in [0.1, 0.15) is 6.10 Å². The first kappa shape index (κ1) is 8.97. The summed E-state index contributed by atoms with van der Waals surface area (Å²) in [4.78, 5) is 0. The smallest absolute Gasteiger partial charge is 0.106 e. The Morgan fingerprint density at radius 2 is 1.18 bits per heavy atom. The van der Waals surface area contributed by atoms with Crippen LogP contribution in [-0.2, 0) is 0 Å². The Hall–Kier alpha value is -0.120. The van der Waals surface area contributed by atoms with Gasteiger partial charge in [-0.3, -0.25) is 0 Å². The third kappa shape index (κ3) is 1.55. The van der Waals surface area contributed by atoms with Gasteiger partial charge in [0.05, 0.1) is 12.2 Å². The summed E-state index contributed by atoms with van der Waals surface area (Å²) in [6, 6.07) is 0. The van der Waals surface area contributed by atoms with Crippen LogP contribution in [-0.4, -0.2) is 33.6 Å². The summed E-state index contributed by atoms with van der Waals surface area (Å²) in [5.41, 5.74) is 0. The molecule has 1 fully saturated rings. The van der Waals surface area contributed by atoms with E-state index >= 15 is 0 Å². The molecule has 0 aromatic rings. The minimum absolute atomic E-state index is 0.0865. The standard InChI is InChI=1S/C8H16O3/c1-4-3-5(2)7(10)8(11)6(4)9/h4-11H,3H2,1-2H3. The van der Waals surface area contributed by atoms with E-state index in [9.17, 15) is 15.3 Å². The highest BCUT2D eigenvalue weighted by Gasteiger charge is 2.38. The second kappa shape index (κ2) is 3.09. The van der Waals surface area contributed by atoms with Crippen LogP contribution in [0.2, 0.25) is 0 Å². The molecule has 0 amide bonds. The Morgan fingerprint density at radius 1 is 0.818 bits per heavy atom. The van der Waals surface area contributed by atoms with Gasteiger partial charge < -0.3 is 15.3 Å². The van der Waals surface area contributed by atoms with Crippen LogP contribution in [0.5, 0.6) is 0 Å².